The summed E-state index contributed by atoms with van der Waals surface area (Å²) in [5.41, 5.74) is 15.2. The second-order valence-corrected chi connectivity index (χ2v) is 19.0. The van der Waals surface area contributed by atoms with Crippen LogP contribution >= 0.6 is 11.3 Å². The van der Waals surface area contributed by atoms with E-state index in [1.54, 1.807) is 0 Å². The van der Waals surface area contributed by atoms with E-state index in [1.807, 2.05) is 11.3 Å². The first kappa shape index (κ1) is 36.8. The van der Waals surface area contributed by atoms with Gasteiger partial charge in [-0.1, -0.05) is 176 Å². The number of thiophene rings is 1. The van der Waals surface area contributed by atoms with E-state index >= 15 is 0 Å². The van der Waals surface area contributed by atoms with Crippen LogP contribution in [0.15, 0.2) is 229 Å². The lowest BCUT2D eigenvalue weighted by atomic mass is 9.90. The van der Waals surface area contributed by atoms with E-state index in [0.29, 0.717) is 0 Å². The van der Waals surface area contributed by atoms with E-state index in [2.05, 4.69) is 229 Å². The largest absolute Gasteiger partial charge is 0.456 e. The first-order chi connectivity index (χ1) is 33.2. The summed E-state index contributed by atoms with van der Waals surface area (Å²) in [6.45, 7) is 0. The van der Waals surface area contributed by atoms with E-state index < -0.39 is 0 Å². The van der Waals surface area contributed by atoms with Gasteiger partial charge in [0.15, 0.2) is 0 Å². The molecule has 15 rings (SSSR count). The fourth-order valence-corrected chi connectivity index (χ4v) is 12.5. The molecular weight excluding hydrogens is 831 g/mol. The molecule has 0 unspecified atom stereocenters. The van der Waals surface area contributed by atoms with E-state index in [0.717, 1.165) is 16.6 Å². The molecule has 0 saturated carbocycles. The average Bonchev–Trinajstić information content (AvgIpc) is 4.07. The minimum atomic E-state index is 0.910. The molecule has 0 fully saturated rings. The third kappa shape index (κ3) is 5.38. The van der Waals surface area contributed by atoms with Gasteiger partial charge < -0.3 is 8.98 Å². The maximum Gasteiger partial charge on any atom is 0.136 e. The minimum Gasteiger partial charge on any atom is -0.456 e. The van der Waals surface area contributed by atoms with Gasteiger partial charge in [0, 0.05) is 52.5 Å². The monoisotopic (exact) mass is 867 g/mol. The van der Waals surface area contributed by atoms with Crippen LogP contribution in [-0.2, 0) is 0 Å². The number of rotatable bonds is 5. The zero-order valence-corrected chi connectivity index (χ0v) is 36.9. The molecule has 0 amide bonds. The van der Waals surface area contributed by atoms with Crippen molar-refractivity contribution in [3.05, 3.63) is 224 Å². The van der Waals surface area contributed by atoms with Gasteiger partial charge in [-0.3, -0.25) is 0 Å². The average molecular weight is 868 g/mol. The van der Waals surface area contributed by atoms with Crippen molar-refractivity contribution in [1.82, 2.24) is 4.57 Å². The van der Waals surface area contributed by atoms with Gasteiger partial charge in [-0.05, 0) is 115 Å². The number of furan rings is 1. The lowest BCUT2D eigenvalue weighted by Crippen LogP contribution is -1.98. The Morgan fingerprint density at radius 1 is 0.313 bits per heavy atom. The molecule has 3 heteroatoms. The number of benzene rings is 12. The molecule has 310 valence electrons. The molecule has 12 aromatic carbocycles. The van der Waals surface area contributed by atoms with E-state index in [4.69, 9.17) is 4.42 Å². The third-order valence-electron chi connectivity index (χ3n) is 14.3. The van der Waals surface area contributed by atoms with Crippen molar-refractivity contribution in [2.45, 2.75) is 0 Å². The summed E-state index contributed by atoms with van der Waals surface area (Å²) in [4.78, 5) is 0. The van der Waals surface area contributed by atoms with Gasteiger partial charge in [0.2, 0.25) is 0 Å². The Kier molecular flexibility index (Phi) is 7.69. The Balaban J connectivity index is 0.878. The first-order valence-electron chi connectivity index (χ1n) is 23.0. The summed E-state index contributed by atoms with van der Waals surface area (Å²) in [6, 6.07) is 82.6. The Labute approximate surface area is 389 Å². The molecule has 0 bridgehead atoms. The van der Waals surface area contributed by atoms with Crippen molar-refractivity contribution >= 4 is 108 Å². The quantitative estimate of drug-likeness (QED) is 0.158. The van der Waals surface area contributed by atoms with Gasteiger partial charge in [-0.15, -0.1) is 11.3 Å². The van der Waals surface area contributed by atoms with Crippen molar-refractivity contribution < 1.29 is 4.42 Å². The first-order valence-corrected chi connectivity index (χ1v) is 23.8. The normalized spacial score (nSPS) is 12.2. The van der Waals surface area contributed by atoms with Crippen molar-refractivity contribution in [3.8, 4) is 50.2 Å². The number of aromatic nitrogens is 1. The molecule has 0 N–H and O–H groups in total. The summed E-state index contributed by atoms with van der Waals surface area (Å²) in [7, 11) is 0. The fourth-order valence-electron chi connectivity index (χ4n) is 11.3. The highest BCUT2D eigenvalue weighted by atomic mass is 32.1. The zero-order chi connectivity index (χ0) is 43.7. The molecule has 67 heavy (non-hydrogen) atoms. The number of fused-ring (bicyclic) bond motifs is 10. The topological polar surface area (TPSA) is 18.1 Å². The van der Waals surface area contributed by atoms with Gasteiger partial charge in [0.25, 0.3) is 0 Å². The predicted molar refractivity (Wildman–Crippen MR) is 286 cm³/mol. The molecule has 0 radical (unpaired) electrons. The van der Waals surface area contributed by atoms with Crippen LogP contribution in [0.2, 0.25) is 0 Å². The van der Waals surface area contributed by atoms with Gasteiger partial charge in [-0.25, -0.2) is 0 Å². The standard InChI is InChI=1S/C64H37NOS/c1-2-12-38(13-3-1)46-16-4-5-17-47(46)39-24-26-40(27-25-39)48-20-11-21-50-53-35-43(31-33-59(53)67-64(48)50)42-30-32-55-52(34-42)49-18-6-8-22-54(49)65(55)56-36-44-15-10-14-41-28-29-45-37-58-62(63(56)61(45)60(41)44)51-19-7-9-23-57(51)66-58/h1-37H. The summed E-state index contributed by atoms with van der Waals surface area (Å²) < 4.78 is 11.7. The lowest BCUT2D eigenvalue weighted by molar-refractivity contribution is 0.669. The maximum atomic E-state index is 6.62. The molecule has 3 aromatic heterocycles. The van der Waals surface area contributed by atoms with Gasteiger partial charge >= 0.3 is 0 Å². The Hall–Kier alpha value is -8.50. The predicted octanol–water partition coefficient (Wildman–Crippen LogP) is 18.6. The molecule has 0 saturated heterocycles. The highest BCUT2D eigenvalue weighted by molar-refractivity contribution is 7.26. The minimum absolute atomic E-state index is 0.910. The van der Waals surface area contributed by atoms with Gasteiger partial charge in [0.05, 0.1) is 16.7 Å². The molecule has 15 aromatic rings. The van der Waals surface area contributed by atoms with Crippen LogP contribution in [0.25, 0.3) is 146 Å². The van der Waals surface area contributed by atoms with E-state index in [-0.39, 0.29) is 0 Å². The molecule has 0 spiro atoms. The molecule has 2 nitrogen and oxygen atoms in total. The van der Waals surface area contributed by atoms with Crippen molar-refractivity contribution in [1.29, 1.82) is 0 Å². The molecule has 0 atom stereocenters. The highest BCUT2D eigenvalue weighted by Gasteiger charge is 2.23. The van der Waals surface area contributed by atoms with Gasteiger partial charge in [0.1, 0.15) is 11.2 Å². The zero-order valence-electron chi connectivity index (χ0n) is 36.1. The van der Waals surface area contributed by atoms with Crippen molar-refractivity contribution in [3.63, 3.8) is 0 Å². The third-order valence-corrected chi connectivity index (χ3v) is 15.5. The van der Waals surface area contributed by atoms with Crippen LogP contribution in [-0.4, -0.2) is 4.57 Å². The summed E-state index contributed by atoms with van der Waals surface area (Å²) in [6.07, 6.45) is 0. The van der Waals surface area contributed by atoms with E-state index in [1.165, 1.54) is 130 Å². The van der Waals surface area contributed by atoms with Crippen molar-refractivity contribution in [2.75, 3.05) is 0 Å². The summed E-state index contributed by atoms with van der Waals surface area (Å²) in [5, 5.41) is 14.9. The number of para-hydroxylation sites is 2. The Morgan fingerprint density at radius 3 is 1.76 bits per heavy atom. The smallest absolute Gasteiger partial charge is 0.136 e. The van der Waals surface area contributed by atoms with Crippen molar-refractivity contribution in [2.24, 2.45) is 0 Å². The second-order valence-electron chi connectivity index (χ2n) is 17.9. The van der Waals surface area contributed by atoms with Crippen LogP contribution < -0.4 is 0 Å². The fraction of sp³-hybridized carbons (Fsp3) is 0. The second kappa shape index (κ2) is 14.0. The number of hydrogen-bond donors (Lipinski definition) is 0. The Bertz CT molecular complexity index is 4490. The molecule has 0 aliphatic rings. The van der Waals surface area contributed by atoms with Crippen LogP contribution in [0, 0.1) is 0 Å². The van der Waals surface area contributed by atoms with E-state index in [9.17, 15) is 0 Å². The molecule has 3 heterocycles. The van der Waals surface area contributed by atoms with Crippen LogP contribution in [0.5, 0.6) is 0 Å². The van der Waals surface area contributed by atoms with Crippen LogP contribution in [0.4, 0.5) is 0 Å². The Morgan fingerprint density at radius 2 is 0.910 bits per heavy atom. The highest BCUT2D eigenvalue weighted by Crippen LogP contribution is 2.48. The molecule has 0 aliphatic heterocycles. The maximum absolute atomic E-state index is 6.62. The van der Waals surface area contributed by atoms with Crippen LogP contribution in [0.1, 0.15) is 0 Å². The SMILES string of the molecule is c1ccc(-c2ccccc2-c2ccc(-c3cccc4c3sc3ccc(-c5ccc6c(c5)c5ccccc5n6-c5cc6cccc7ccc8cc9oc%10ccccc%10c9c5c8c76)cc34)cc2)cc1. The number of nitrogens with zero attached hydrogens (tertiary/aromatic N) is 1. The van der Waals surface area contributed by atoms with Crippen LogP contribution in [0.3, 0.4) is 0 Å². The lowest BCUT2D eigenvalue weighted by Gasteiger charge is -2.18. The molecule has 0 aliphatic carbocycles. The summed E-state index contributed by atoms with van der Waals surface area (Å²) >= 11 is 1.89. The number of hydrogen-bond acceptors (Lipinski definition) is 2. The summed E-state index contributed by atoms with van der Waals surface area (Å²) in [5.74, 6) is 0. The molecular formula is C64H37NOS. The van der Waals surface area contributed by atoms with Gasteiger partial charge in [-0.2, -0.15) is 0 Å².